The molecule has 4 saturated heterocycles. The van der Waals surface area contributed by atoms with Gasteiger partial charge in [0.25, 0.3) is 0 Å². The van der Waals surface area contributed by atoms with Gasteiger partial charge in [0.1, 0.15) is 0 Å². The smallest absolute Gasteiger partial charge is 0.0980 e. The van der Waals surface area contributed by atoms with Crippen LogP contribution in [0.3, 0.4) is 0 Å². The molecule has 4 fully saturated rings. The molecule has 0 amide bonds. The molecule has 4 N–H and O–H groups in total. The Hall–Kier alpha value is -3.44. The first-order valence-corrected chi connectivity index (χ1v) is 25.2. The summed E-state index contributed by atoms with van der Waals surface area (Å²) >= 11 is 0. The molecular formula is C57H80N4O4. The van der Waals surface area contributed by atoms with Gasteiger partial charge in [-0.05, 0) is 175 Å². The Morgan fingerprint density at radius 2 is 0.585 bits per heavy atom. The summed E-state index contributed by atoms with van der Waals surface area (Å²) in [5.74, 6) is 0. The number of hydrogen-bond acceptors (Lipinski definition) is 8. The first kappa shape index (κ1) is 48.0. The van der Waals surface area contributed by atoms with Gasteiger partial charge in [-0.2, -0.15) is 0 Å². The van der Waals surface area contributed by atoms with Gasteiger partial charge in [0.2, 0.25) is 0 Å². The Kier molecular flexibility index (Phi) is 17.0. The molecule has 4 aromatic carbocycles. The van der Waals surface area contributed by atoms with E-state index >= 15 is 0 Å². The normalized spacial score (nSPS) is 28.6. The third-order valence-electron chi connectivity index (χ3n) is 15.0. The van der Waals surface area contributed by atoms with Crippen molar-refractivity contribution in [1.82, 2.24) is 21.3 Å². The van der Waals surface area contributed by atoms with Crippen LogP contribution in [0.5, 0.6) is 0 Å². The van der Waals surface area contributed by atoms with Crippen LogP contribution in [-0.4, -0.2) is 76.8 Å². The van der Waals surface area contributed by atoms with Crippen LogP contribution < -0.4 is 21.3 Å². The van der Waals surface area contributed by atoms with Crippen molar-refractivity contribution in [2.75, 3.05) is 52.6 Å². The van der Waals surface area contributed by atoms with Crippen LogP contribution in [0.4, 0.5) is 0 Å². The lowest BCUT2D eigenvalue weighted by molar-refractivity contribution is 0.0198. The Balaban J connectivity index is 0.000000118. The minimum absolute atomic E-state index is 0. The number of hydrogen-bond donors (Lipinski definition) is 4. The first-order valence-electron chi connectivity index (χ1n) is 25.2. The Morgan fingerprint density at radius 1 is 0.354 bits per heavy atom. The molecule has 8 heterocycles. The lowest BCUT2D eigenvalue weighted by Gasteiger charge is -2.30. The summed E-state index contributed by atoms with van der Waals surface area (Å²) in [6.07, 6.45) is 15.5. The van der Waals surface area contributed by atoms with Gasteiger partial charge in [0, 0.05) is 24.2 Å². The van der Waals surface area contributed by atoms with Crippen LogP contribution in [0.25, 0.3) is 0 Å². The van der Waals surface area contributed by atoms with E-state index < -0.39 is 0 Å². The Morgan fingerprint density at radius 3 is 0.785 bits per heavy atom. The second-order valence-electron chi connectivity index (χ2n) is 19.8. The summed E-state index contributed by atoms with van der Waals surface area (Å²) in [6, 6.07) is 29.2. The minimum Gasteiger partial charge on any atom is -0.372 e. The van der Waals surface area contributed by atoms with Crippen LogP contribution >= 0.6 is 0 Å². The Labute approximate surface area is 391 Å². The summed E-state index contributed by atoms with van der Waals surface area (Å²) in [4.78, 5) is 0. The lowest BCUT2D eigenvalue weighted by Crippen LogP contribution is -2.33. The van der Waals surface area contributed by atoms with Gasteiger partial charge in [-0.25, -0.2) is 0 Å². The van der Waals surface area contributed by atoms with Crippen molar-refractivity contribution in [2.24, 2.45) is 0 Å². The number of ether oxygens (including phenoxy) is 4. The maximum atomic E-state index is 5.97. The van der Waals surface area contributed by atoms with Crippen molar-refractivity contribution in [3.05, 3.63) is 140 Å². The summed E-state index contributed by atoms with van der Waals surface area (Å²) in [5, 5.41) is 14.2. The zero-order chi connectivity index (χ0) is 43.8. The highest BCUT2D eigenvalue weighted by atomic mass is 16.5. The van der Waals surface area contributed by atoms with Gasteiger partial charge >= 0.3 is 0 Å². The third kappa shape index (κ3) is 11.8. The Bertz CT molecular complexity index is 1830. The molecule has 0 bridgehead atoms. The molecule has 0 aromatic heterocycles. The fourth-order valence-corrected chi connectivity index (χ4v) is 11.7. The molecule has 0 unspecified atom stereocenters. The average molecular weight is 885 g/mol. The zero-order valence-corrected chi connectivity index (χ0v) is 39.3. The standard InChI is InChI=1S/4C14H19NO.CH4/c4*1-10-4-5-12-11(9-10)6-8-16-14(12)13-3-2-7-15-13;/h4*4-5,9,13-15H,2-3,6-8H2,1H3;1H4/t2*13-,14+;2*13-,14-;/m1010./s1. The molecule has 0 aliphatic carbocycles. The van der Waals surface area contributed by atoms with Gasteiger partial charge in [0.15, 0.2) is 0 Å². The van der Waals surface area contributed by atoms with E-state index in [4.69, 9.17) is 18.9 Å². The summed E-state index contributed by atoms with van der Waals surface area (Å²) < 4.78 is 23.9. The molecule has 8 aliphatic heterocycles. The van der Waals surface area contributed by atoms with E-state index in [2.05, 4.69) is 122 Å². The molecule has 8 atom stereocenters. The van der Waals surface area contributed by atoms with E-state index in [0.29, 0.717) is 24.2 Å². The quantitative estimate of drug-likeness (QED) is 0.161. The SMILES string of the molecule is C.Cc1ccc2c(c1)CCO[C@@H]2[C@@H]1CCCN1.Cc1ccc2c(c1)CCO[C@@H]2[C@H]1CCCN1.Cc1ccc2c(c1)CCO[C@H]2[C@@H]1CCCN1.Cc1ccc2c(c1)CCO[C@H]2[C@H]1CCCN1. The van der Waals surface area contributed by atoms with Gasteiger partial charge in [0.05, 0.1) is 50.8 Å². The molecule has 4 aromatic rings. The van der Waals surface area contributed by atoms with Crippen molar-refractivity contribution in [1.29, 1.82) is 0 Å². The first-order chi connectivity index (χ1) is 31.4. The maximum absolute atomic E-state index is 5.97. The summed E-state index contributed by atoms with van der Waals surface area (Å²) in [7, 11) is 0. The van der Waals surface area contributed by atoms with E-state index in [1.165, 1.54) is 118 Å². The number of nitrogens with one attached hydrogen (secondary N) is 4. The van der Waals surface area contributed by atoms with E-state index in [-0.39, 0.29) is 31.8 Å². The van der Waals surface area contributed by atoms with E-state index in [0.717, 1.165) is 78.3 Å². The van der Waals surface area contributed by atoms with Crippen molar-refractivity contribution >= 4 is 0 Å². The highest BCUT2D eigenvalue weighted by Crippen LogP contribution is 2.37. The maximum Gasteiger partial charge on any atom is 0.0980 e. The molecule has 0 spiro atoms. The van der Waals surface area contributed by atoms with Crippen LogP contribution in [0.2, 0.25) is 0 Å². The van der Waals surface area contributed by atoms with Crippen molar-refractivity contribution in [2.45, 2.75) is 161 Å². The van der Waals surface area contributed by atoms with Crippen LogP contribution in [-0.2, 0) is 44.6 Å². The molecule has 0 radical (unpaired) electrons. The summed E-state index contributed by atoms with van der Waals surface area (Å²) in [6.45, 7) is 16.7. The molecule has 352 valence electrons. The molecule has 0 saturated carbocycles. The number of rotatable bonds is 4. The zero-order valence-electron chi connectivity index (χ0n) is 39.3. The fourth-order valence-electron chi connectivity index (χ4n) is 11.7. The number of aryl methyl sites for hydroxylation is 4. The van der Waals surface area contributed by atoms with Gasteiger partial charge in [-0.15, -0.1) is 0 Å². The molecule has 8 heteroatoms. The molecule has 65 heavy (non-hydrogen) atoms. The van der Waals surface area contributed by atoms with E-state index in [9.17, 15) is 0 Å². The molecule has 8 nitrogen and oxygen atoms in total. The van der Waals surface area contributed by atoms with Crippen molar-refractivity contribution in [3.63, 3.8) is 0 Å². The van der Waals surface area contributed by atoms with Crippen molar-refractivity contribution in [3.8, 4) is 0 Å². The largest absolute Gasteiger partial charge is 0.372 e. The van der Waals surface area contributed by atoms with E-state index in [1.807, 2.05) is 0 Å². The topological polar surface area (TPSA) is 85.0 Å². The van der Waals surface area contributed by atoms with E-state index in [1.54, 1.807) is 0 Å². The predicted octanol–water partition coefficient (Wildman–Crippen LogP) is 10.1. The third-order valence-corrected chi connectivity index (χ3v) is 15.0. The van der Waals surface area contributed by atoms with Crippen LogP contribution in [0.1, 0.15) is 150 Å². The fraction of sp³-hybridized carbons (Fsp3) is 0.579. The van der Waals surface area contributed by atoms with Gasteiger partial charge in [-0.1, -0.05) is 102 Å². The minimum atomic E-state index is 0. The molecule has 8 aliphatic rings. The summed E-state index contributed by atoms with van der Waals surface area (Å²) in [5.41, 5.74) is 17.1. The highest BCUT2D eigenvalue weighted by molar-refractivity contribution is 5.38. The van der Waals surface area contributed by atoms with Crippen LogP contribution in [0.15, 0.2) is 72.8 Å². The number of benzene rings is 4. The molecular weight excluding hydrogens is 805 g/mol. The van der Waals surface area contributed by atoms with Gasteiger partial charge < -0.3 is 40.2 Å². The highest BCUT2D eigenvalue weighted by Gasteiger charge is 2.34. The second-order valence-corrected chi connectivity index (χ2v) is 19.8. The second kappa shape index (κ2) is 23.0. The molecule has 12 rings (SSSR count). The van der Waals surface area contributed by atoms with Crippen molar-refractivity contribution < 1.29 is 18.9 Å². The van der Waals surface area contributed by atoms with Crippen LogP contribution in [0, 0.1) is 27.7 Å². The lowest BCUT2D eigenvalue weighted by atomic mass is 9.91. The monoisotopic (exact) mass is 885 g/mol. The average Bonchev–Trinajstić information content (AvgIpc) is 4.18. The number of fused-ring (bicyclic) bond motifs is 4. The predicted molar refractivity (Wildman–Crippen MR) is 265 cm³/mol. The van der Waals surface area contributed by atoms with Gasteiger partial charge in [-0.3, -0.25) is 0 Å².